The zero-order valence-corrected chi connectivity index (χ0v) is 22.7. The fourth-order valence-electron chi connectivity index (χ4n) is 6.73. The molecule has 2 fully saturated rings. The maximum atomic E-state index is 14.5. The van der Waals surface area contributed by atoms with Crippen LogP contribution in [0.3, 0.4) is 0 Å². The summed E-state index contributed by atoms with van der Waals surface area (Å²) in [4.78, 5) is 47.7. The van der Waals surface area contributed by atoms with E-state index in [0.29, 0.717) is 26.1 Å². The largest absolute Gasteiger partial charge is 0.394 e. The number of aliphatic hydroxyl groups excluding tert-OH is 1. The highest BCUT2D eigenvalue weighted by atomic mass is 32.2. The Balaban J connectivity index is 1.44. The Morgan fingerprint density at radius 1 is 0.923 bits per heavy atom. The molecular weight excluding hydrogens is 510 g/mol. The monoisotopic (exact) mass is 543 g/mol. The van der Waals surface area contributed by atoms with E-state index in [4.69, 9.17) is 0 Å². The number of fused-ring (bicyclic) bond motifs is 2. The van der Waals surface area contributed by atoms with Crippen LogP contribution >= 0.6 is 11.8 Å². The van der Waals surface area contributed by atoms with E-state index < -0.39 is 28.7 Å². The van der Waals surface area contributed by atoms with Crippen molar-refractivity contribution in [3.05, 3.63) is 96.1 Å². The number of likely N-dealkylation sites (tertiary alicyclic amines) is 1. The second-order valence-corrected chi connectivity index (χ2v) is 12.4. The quantitative estimate of drug-likeness (QED) is 0.567. The highest BCUT2D eigenvalue weighted by molar-refractivity contribution is 8.02. The predicted molar refractivity (Wildman–Crippen MR) is 151 cm³/mol. The fourth-order valence-corrected chi connectivity index (χ4v) is 8.72. The van der Waals surface area contributed by atoms with Crippen molar-refractivity contribution < 1.29 is 19.5 Å². The Hall–Kier alpha value is -3.36. The number of nitrogens with zero attached hydrogens (tertiary/aromatic N) is 3. The normalized spacial score (nSPS) is 30.6. The van der Waals surface area contributed by atoms with Gasteiger partial charge in [-0.3, -0.25) is 14.4 Å². The van der Waals surface area contributed by atoms with Gasteiger partial charge in [0, 0.05) is 31.9 Å². The molecule has 4 heterocycles. The van der Waals surface area contributed by atoms with Crippen molar-refractivity contribution in [2.24, 2.45) is 11.8 Å². The minimum absolute atomic E-state index is 0.0665. The predicted octanol–water partition coefficient (Wildman–Crippen LogP) is 2.51. The van der Waals surface area contributed by atoms with Gasteiger partial charge in [-0.15, -0.1) is 11.8 Å². The maximum absolute atomic E-state index is 14.5. The lowest BCUT2D eigenvalue weighted by atomic mass is 9.78. The van der Waals surface area contributed by atoms with Crippen molar-refractivity contribution in [1.82, 2.24) is 14.7 Å². The second-order valence-electron chi connectivity index (χ2n) is 10.9. The summed E-state index contributed by atoms with van der Waals surface area (Å²) in [6, 6.07) is 18.1. The maximum Gasteiger partial charge on any atom is 0.247 e. The minimum Gasteiger partial charge on any atom is -0.394 e. The smallest absolute Gasteiger partial charge is 0.247 e. The van der Waals surface area contributed by atoms with Gasteiger partial charge in [-0.05, 0) is 17.5 Å². The number of benzene rings is 2. The molecule has 0 aromatic heterocycles. The topological polar surface area (TPSA) is 81.2 Å². The number of amides is 3. The lowest BCUT2D eigenvalue weighted by Crippen LogP contribution is -2.56. The molecule has 0 bridgehead atoms. The van der Waals surface area contributed by atoms with Crippen molar-refractivity contribution in [2.45, 2.75) is 35.0 Å². The van der Waals surface area contributed by atoms with Crippen LogP contribution in [0.5, 0.6) is 0 Å². The molecule has 2 aromatic carbocycles. The molecule has 0 aliphatic carbocycles. The van der Waals surface area contributed by atoms with Crippen LogP contribution in [0.1, 0.15) is 11.1 Å². The van der Waals surface area contributed by atoms with Crippen LogP contribution in [0.25, 0.3) is 0 Å². The number of likely N-dealkylation sites (N-methyl/N-ethyl adjacent to an activating group) is 1. The molecule has 6 rings (SSSR count). The van der Waals surface area contributed by atoms with E-state index >= 15 is 0 Å². The zero-order valence-electron chi connectivity index (χ0n) is 21.9. The number of rotatable bonds is 6. The van der Waals surface area contributed by atoms with E-state index in [-0.39, 0.29) is 29.6 Å². The molecule has 2 saturated heterocycles. The van der Waals surface area contributed by atoms with E-state index in [9.17, 15) is 19.5 Å². The molecule has 3 amide bonds. The SMILES string of the molecule is CN1CC=C[C@@H]2S[C@]34C=CCN(Cc5ccccc5)C(=O)C3N([C@@H](CO)Cc3ccccc3)C(=O)[C@@H]4[C@@H]2C1=O. The van der Waals surface area contributed by atoms with E-state index in [1.54, 1.807) is 33.5 Å². The summed E-state index contributed by atoms with van der Waals surface area (Å²) in [7, 11) is 1.76. The van der Waals surface area contributed by atoms with Gasteiger partial charge < -0.3 is 19.8 Å². The highest BCUT2D eigenvalue weighted by Crippen LogP contribution is 2.61. The van der Waals surface area contributed by atoms with Crippen LogP contribution in [0.15, 0.2) is 85.0 Å². The number of carbonyl (C=O) groups is 3. The zero-order chi connectivity index (χ0) is 27.1. The van der Waals surface area contributed by atoms with Gasteiger partial charge in [-0.25, -0.2) is 0 Å². The average Bonchev–Trinajstić information content (AvgIpc) is 3.29. The number of hydrogen-bond acceptors (Lipinski definition) is 5. The lowest BCUT2D eigenvalue weighted by Gasteiger charge is -2.38. The molecule has 1 unspecified atom stereocenters. The van der Waals surface area contributed by atoms with E-state index in [1.165, 1.54) is 0 Å². The van der Waals surface area contributed by atoms with Crippen molar-refractivity contribution in [2.75, 3.05) is 26.7 Å². The Labute approximate surface area is 233 Å². The first-order chi connectivity index (χ1) is 18.9. The minimum atomic E-state index is -0.892. The van der Waals surface area contributed by atoms with Gasteiger partial charge in [0.05, 0.1) is 29.2 Å². The number of carbonyl (C=O) groups excluding carboxylic acids is 3. The molecule has 8 heteroatoms. The van der Waals surface area contributed by atoms with E-state index in [2.05, 4.69) is 0 Å². The first kappa shape index (κ1) is 25.9. The van der Waals surface area contributed by atoms with Gasteiger partial charge in [0.15, 0.2) is 0 Å². The Morgan fingerprint density at radius 2 is 1.62 bits per heavy atom. The van der Waals surface area contributed by atoms with Crippen molar-refractivity contribution in [1.29, 1.82) is 0 Å². The van der Waals surface area contributed by atoms with Crippen LogP contribution < -0.4 is 0 Å². The average molecular weight is 544 g/mol. The third-order valence-electron chi connectivity index (χ3n) is 8.52. The summed E-state index contributed by atoms with van der Waals surface area (Å²) in [5, 5.41) is 10.4. The summed E-state index contributed by atoms with van der Waals surface area (Å²) in [5.41, 5.74) is 1.99. The van der Waals surface area contributed by atoms with Gasteiger partial charge in [0.2, 0.25) is 17.7 Å². The molecular formula is C31H33N3O4S. The van der Waals surface area contributed by atoms with Crippen LogP contribution in [0.4, 0.5) is 0 Å². The van der Waals surface area contributed by atoms with Gasteiger partial charge in [-0.2, -0.15) is 0 Å². The van der Waals surface area contributed by atoms with Crippen LogP contribution in [-0.2, 0) is 27.3 Å². The molecule has 0 radical (unpaired) electrons. The Morgan fingerprint density at radius 3 is 2.31 bits per heavy atom. The third-order valence-corrected chi connectivity index (χ3v) is 10.3. The summed E-state index contributed by atoms with van der Waals surface area (Å²) >= 11 is 1.57. The first-order valence-corrected chi connectivity index (χ1v) is 14.4. The lowest BCUT2D eigenvalue weighted by molar-refractivity contribution is -0.146. The number of aliphatic hydroxyl groups is 1. The van der Waals surface area contributed by atoms with E-state index in [0.717, 1.165) is 11.1 Å². The molecule has 1 N–H and O–H groups in total. The molecule has 0 saturated carbocycles. The molecule has 39 heavy (non-hydrogen) atoms. The summed E-state index contributed by atoms with van der Waals surface area (Å²) < 4.78 is -0.892. The molecule has 7 nitrogen and oxygen atoms in total. The van der Waals surface area contributed by atoms with E-state index in [1.807, 2.05) is 85.0 Å². The molecule has 2 aromatic rings. The third kappa shape index (κ3) is 4.30. The standard InChI is InChI=1S/C31H33N3O4S/c1-32-16-8-14-24-25(28(32)36)26-29(37)34(23(20-35)18-21-10-4-2-5-11-21)27-30(38)33(17-9-15-31(26,27)39-24)19-22-12-6-3-7-13-22/h2-15,23-27,35H,16-20H2,1H3/t23-,24+,25-,26+,27?,31+/m1/s1. The first-order valence-electron chi connectivity index (χ1n) is 13.5. The Bertz CT molecular complexity index is 1320. The van der Waals surface area contributed by atoms with Gasteiger partial charge in [0.1, 0.15) is 6.04 Å². The summed E-state index contributed by atoms with van der Waals surface area (Å²) in [6.07, 6.45) is 8.47. The van der Waals surface area contributed by atoms with Crippen LogP contribution in [0.2, 0.25) is 0 Å². The second kappa shape index (κ2) is 10.3. The number of thioether (sulfide) groups is 1. The van der Waals surface area contributed by atoms with Crippen molar-refractivity contribution in [3.8, 4) is 0 Å². The van der Waals surface area contributed by atoms with Crippen LogP contribution in [-0.4, -0.2) is 86.4 Å². The number of hydrogen-bond donors (Lipinski definition) is 1. The summed E-state index contributed by atoms with van der Waals surface area (Å²) in [5.74, 6) is -1.67. The van der Waals surface area contributed by atoms with Crippen LogP contribution in [0, 0.1) is 11.8 Å². The molecule has 4 aliphatic heterocycles. The van der Waals surface area contributed by atoms with Gasteiger partial charge in [-0.1, -0.05) is 85.0 Å². The van der Waals surface area contributed by atoms with Gasteiger partial charge in [0.25, 0.3) is 0 Å². The van der Waals surface area contributed by atoms with Gasteiger partial charge >= 0.3 is 0 Å². The van der Waals surface area contributed by atoms with Crippen molar-refractivity contribution in [3.63, 3.8) is 0 Å². The Kier molecular flexibility index (Phi) is 6.85. The fraction of sp³-hybridized carbons (Fsp3) is 0.387. The molecule has 1 spiro atoms. The molecule has 6 atom stereocenters. The molecule has 4 aliphatic rings. The molecule has 202 valence electrons. The highest BCUT2D eigenvalue weighted by Gasteiger charge is 2.71. The summed E-state index contributed by atoms with van der Waals surface area (Å²) in [6.45, 7) is 1.07. The van der Waals surface area contributed by atoms with Crippen molar-refractivity contribution >= 4 is 29.5 Å².